The molecule has 0 bridgehead atoms. The van der Waals surface area contributed by atoms with Gasteiger partial charge in [0.2, 0.25) is 0 Å². The van der Waals surface area contributed by atoms with Crippen LogP contribution in [0, 0.1) is 0 Å². The minimum Gasteiger partial charge on any atom is -0.344 e. The van der Waals surface area contributed by atoms with E-state index in [2.05, 4.69) is 8.37 Å². The Labute approximate surface area is 80.3 Å². The summed E-state index contributed by atoms with van der Waals surface area (Å²) in [6.45, 7) is 6.04. The number of rotatable bonds is 4. The number of nitrogens with two attached hydrogens (primary N) is 1. The fourth-order valence-electron chi connectivity index (χ4n) is 0.323. The molecule has 5 N–H and O–H groups in total. The molecule has 0 unspecified atom stereocenters. The van der Waals surface area contributed by atoms with Gasteiger partial charge in [0.15, 0.2) is 0 Å². The molecule has 0 heterocycles. The Morgan fingerprint density at radius 1 is 1.08 bits per heavy atom. The molecule has 0 radical (unpaired) electrons. The van der Waals surface area contributed by atoms with Crippen molar-refractivity contribution >= 4 is 10.4 Å². The summed E-state index contributed by atoms with van der Waals surface area (Å²) in [6.07, 6.45) is 0. The normalized spacial score (nSPS) is 9.54. The summed E-state index contributed by atoms with van der Waals surface area (Å²) in [5.41, 5.74) is 4.85. The Hall–Kier alpha value is -0.210. The maximum absolute atomic E-state index is 10.4. The van der Waals surface area contributed by atoms with Gasteiger partial charge in [0, 0.05) is 0 Å². The smallest absolute Gasteiger partial charge is 0.344 e. The molecule has 0 aromatic carbocycles. The third-order valence-corrected chi connectivity index (χ3v) is 1.57. The molecule has 13 heavy (non-hydrogen) atoms. The lowest BCUT2D eigenvalue weighted by Crippen LogP contribution is -2.09. The number of hydrogen-bond donors (Lipinski definition) is 2. The Morgan fingerprint density at radius 3 is 1.46 bits per heavy atom. The summed E-state index contributed by atoms with van der Waals surface area (Å²) < 4.78 is 29.2. The van der Waals surface area contributed by atoms with E-state index in [-0.39, 0.29) is 19.4 Å². The van der Waals surface area contributed by atoms with Crippen LogP contribution >= 0.6 is 0 Å². The van der Waals surface area contributed by atoms with Crippen LogP contribution in [0.25, 0.3) is 0 Å². The van der Waals surface area contributed by atoms with Crippen LogP contribution in [0.5, 0.6) is 0 Å². The third-order valence-electron chi connectivity index (χ3n) is 0.524. The van der Waals surface area contributed by atoms with E-state index in [0.29, 0.717) is 0 Å². The van der Waals surface area contributed by atoms with Crippen molar-refractivity contribution in [2.45, 2.75) is 20.8 Å². The lowest BCUT2D eigenvalue weighted by Gasteiger charge is -1.99. The Morgan fingerprint density at radius 2 is 1.31 bits per heavy atom. The topological polar surface area (TPSA) is 114 Å². The van der Waals surface area contributed by atoms with Crippen molar-refractivity contribution in [3.8, 4) is 0 Å². The third kappa shape index (κ3) is 18.6. The molecule has 7 heteroatoms. The van der Waals surface area contributed by atoms with E-state index in [1.165, 1.54) is 0 Å². The highest BCUT2D eigenvalue weighted by Gasteiger charge is 2.06. The quantitative estimate of drug-likeness (QED) is 0.704. The highest BCUT2D eigenvalue weighted by atomic mass is 32.3. The largest absolute Gasteiger partial charge is 0.399 e. The standard InChI is InChI=1S/C4H10O4S.C2H7N.H3N/c1-3-7-9(5,6)8-4-2;1-2-3;/h3-4H2,1-2H3;2-3H2,1H3;1H3. The van der Waals surface area contributed by atoms with Gasteiger partial charge < -0.3 is 11.9 Å². The van der Waals surface area contributed by atoms with Gasteiger partial charge in [0.05, 0.1) is 13.2 Å². The molecule has 6 nitrogen and oxygen atoms in total. The molecule has 84 valence electrons. The van der Waals surface area contributed by atoms with Crippen molar-refractivity contribution in [2.75, 3.05) is 19.8 Å². The van der Waals surface area contributed by atoms with Gasteiger partial charge in [0.25, 0.3) is 0 Å². The van der Waals surface area contributed by atoms with Gasteiger partial charge >= 0.3 is 10.4 Å². The zero-order chi connectivity index (χ0) is 10.0. The first-order chi connectivity index (χ1) is 5.54. The van der Waals surface area contributed by atoms with Crippen LogP contribution in [-0.2, 0) is 18.8 Å². The molecule has 0 aromatic rings. The molecule has 0 saturated carbocycles. The molecule has 0 aromatic heterocycles. The molecule has 0 fully saturated rings. The summed E-state index contributed by atoms with van der Waals surface area (Å²) in [6, 6.07) is 0. The first-order valence-electron chi connectivity index (χ1n) is 3.77. The zero-order valence-electron chi connectivity index (χ0n) is 8.45. The van der Waals surface area contributed by atoms with Crippen LogP contribution in [0.15, 0.2) is 0 Å². The second-order valence-corrected chi connectivity index (χ2v) is 2.92. The van der Waals surface area contributed by atoms with E-state index in [1.807, 2.05) is 6.92 Å². The summed E-state index contributed by atoms with van der Waals surface area (Å²) in [5, 5.41) is 0. The van der Waals surface area contributed by atoms with E-state index in [4.69, 9.17) is 5.73 Å². The minimum atomic E-state index is -3.68. The molecule has 0 aliphatic carbocycles. The van der Waals surface area contributed by atoms with Crippen molar-refractivity contribution in [3.05, 3.63) is 0 Å². The van der Waals surface area contributed by atoms with Gasteiger partial charge in [-0.15, -0.1) is 0 Å². The minimum absolute atomic E-state index is 0. The van der Waals surface area contributed by atoms with Crippen molar-refractivity contribution in [1.29, 1.82) is 0 Å². The molecule has 0 aliphatic rings. The van der Waals surface area contributed by atoms with Crippen molar-refractivity contribution in [1.82, 2.24) is 6.15 Å². The van der Waals surface area contributed by atoms with Crippen molar-refractivity contribution < 1.29 is 16.8 Å². The highest BCUT2D eigenvalue weighted by molar-refractivity contribution is 7.81. The van der Waals surface area contributed by atoms with E-state index >= 15 is 0 Å². The van der Waals surface area contributed by atoms with Crippen LogP contribution in [0.2, 0.25) is 0 Å². The average Bonchev–Trinajstić information content (AvgIpc) is 1.88. The second-order valence-electron chi connectivity index (χ2n) is 1.63. The maximum Gasteiger partial charge on any atom is 0.399 e. The molecule has 0 amide bonds. The van der Waals surface area contributed by atoms with Crippen LogP contribution in [0.3, 0.4) is 0 Å². The van der Waals surface area contributed by atoms with Gasteiger partial charge in [-0.25, -0.2) is 8.37 Å². The fraction of sp³-hybridized carbons (Fsp3) is 1.00. The fourth-order valence-corrected chi connectivity index (χ4v) is 0.968. The predicted octanol–water partition coefficient (Wildman–Crippen LogP) is 0.431. The lowest BCUT2D eigenvalue weighted by molar-refractivity contribution is 0.231. The van der Waals surface area contributed by atoms with Gasteiger partial charge in [0.1, 0.15) is 0 Å². The van der Waals surface area contributed by atoms with Crippen molar-refractivity contribution in [3.63, 3.8) is 0 Å². The van der Waals surface area contributed by atoms with Gasteiger partial charge in [-0.1, -0.05) is 6.92 Å². The van der Waals surface area contributed by atoms with E-state index < -0.39 is 10.4 Å². The van der Waals surface area contributed by atoms with Crippen LogP contribution in [0.1, 0.15) is 20.8 Å². The highest BCUT2D eigenvalue weighted by Crippen LogP contribution is 1.93. The molecular weight excluding hydrogens is 196 g/mol. The van der Waals surface area contributed by atoms with Gasteiger partial charge in [-0.3, -0.25) is 0 Å². The van der Waals surface area contributed by atoms with E-state index in [9.17, 15) is 8.42 Å². The SMILES string of the molecule is CCN.CCOS(=O)(=O)OCC.N. The molecule has 0 atom stereocenters. The Kier molecular flexibility index (Phi) is 16.8. The monoisotopic (exact) mass is 216 g/mol. The second kappa shape index (κ2) is 11.8. The summed E-state index contributed by atoms with van der Waals surface area (Å²) in [5.74, 6) is 0. The maximum atomic E-state index is 10.4. The molecule has 0 rings (SSSR count). The molecule has 0 saturated heterocycles. The summed E-state index contributed by atoms with van der Waals surface area (Å²) in [4.78, 5) is 0. The Balaban J connectivity index is -0.000000220. The number of hydrogen-bond acceptors (Lipinski definition) is 6. The molecular formula is C6H20N2O4S. The molecule has 0 spiro atoms. The molecule has 0 aliphatic heterocycles. The Bertz CT molecular complexity index is 157. The summed E-state index contributed by atoms with van der Waals surface area (Å²) >= 11 is 0. The zero-order valence-corrected chi connectivity index (χ0v) is 9.26. The van der Waals surface area contributed by atoms with Crippen LogP contribution in [-0.4, -0.2) is 28.2 Å². The average molecular weight is 216 g/mol. The van der Waals surface area contributed by atoms with E-state index in [1.54, 1.807) is 13.8 Å². The van der Waals surface area contributed by atoms with Gasteiger partial charge in [-0.05, 0) is 20.4 Å². The lowest BCUT2D eigenvalue weighted by atomic mass is 10.8. The first kappa shape index (κ1) is 18.5. The van der Waals surface area contributed by atoms with Crippen LogP contribution in [0.4, 0.5) is 0 Å². The van der Waals surface area contributed by atoms with Crippen LogP contribution < -0.4 is 11.9 Å². The summed E-state index contributed by atoms with van der Waals surface area (Å²) in [7, 11) is -3.68. The van der Waals surface area contributed by atoms with Gasteiger partial charge in [-0.2, -0.15) is 8.42 Å². The van der Waals surface area contributed by atoms with Crippen molar-refractivity contribution in [2.24, 2.45) is 5.73 Å². The predicted molar refractivity (Wildman–Crippen MR) is 51.9 cm³/mol. The van der Waals surface area contributed by atoms with E-state index in [0.717, 1.165) is 6.54 Å². The first-order valence-corrected chi connectivity index (χ1v) is 5.11.